The number of hydrogen-bond acceptors (Lipinski definition) is 3. The van der Waals surface area contributed by atoms with Gasteiger partial charge in [-0.2, -0.15) is 0 Å². The molecule has 1 saturated carbocycles. The molecule has 21 heavy (non-hydrogen) atoms. The van der Waals surface area contributed by atoms with Crippen molar-refractivity contribution in [3.05, 3.63) is 29.6 Å². The molecule has 0 radical (unpaired) electrons. The maximum absolute atomic E-state index is 13.4. The first-order chi connectivity index (χ1) is 10.2. The zero-order chi connectivity index (χ0) is 14.8. The van der Waals surface area contributed by atoms with Crippen LogP contribution in [0.15, 0.2) is 18.2 Å². The Hall–Kier alpha value is -1.62. The van der Waals surface area contributed by atoms with Crippen LogP contribution in [0.25, 0.3) is 0 Å². The number of nitrogens with one attached hydrogen (secondary N) is 2. The zero-order valence-corrected chi connectivity index (χ0v) is 12.2. The number of halogens is 1. The number of ether oxygens (including phenoxy) is 1. The Morgan fingerprint density at radius 1 is 1.33 bits per heavy atom. The molecular weight excluding hydrogens is 271 g/mol. The molecule has 1 heterocycles. The average Bonchev–Trinajstić information content (AvgIpc) is 2.95. The highest BCUT2D eigenvalue weighted by molar-refractivity contribution is 5.94. The van der Waals surface area contributed by atoms with E-state index in [2.05, 4.69) is 10.6 Å². The third-order valence-corrected chi connectivity index (χ3v) is 4.70. The maximum atomic E-state index is 13.4. The lowest BCUT2D eigenvalue weighted by Crippen LogP contribution is -2.40. The smallest absolute Gasteiger partial charge is 0.251 e. The summed E-state index contributed by atoms with van der Waals surface area (Å²) in [6.07, 6.45) is 3.21. The van der Waals surface area contributed by atoms with Crippen LogP contribution in [0.5, 0.6) is 5.75 Å². The molecule has 3 rings (SSSR count). The summed E-state index contributed by atoms with van der Waals surface area (Å²) in [4.78, 5) is 12.3. The molecule has 1 aromatic carbocycles. The Morgan fingerprint density at radius 3 is 2.95 bits per heavy atom. The van der Waals surface area contributed by atoms with Crippen molar-refractivity contribution in [1.29, 1.82) is 0 Å². The lowest BCUT2D eigenvalue weighted by atomic mass is 9.79. The van der Waals surface area contributed by atoms with Gasteiger partial charge in [-0.25, -0.2) is 4.39 Å². The van der Waals surface area contributed by atoms with Crippen LogP contribution < -0.4 is 15.4 Å². The Bertz CT molecular complexity index is 535. The molecule has 2 fully saturated rings. The third-order valence-electron chi connectivity index (χ3n) is 4.70. The van der Waals surface area contributed by atoms with Gasteiger partial charge in [-0.15, -0.1) is 0 Å². The topological polar surface area (TPSA) is 50.4 Å². The summed E-state index contributed by atoms with van der Waals surface area (Å²) in [7, 11) is 1.40. The van der Waals surface area contributed by atoms with Crippen LogP contribution in [0.1, 0.15) is 29.6 Å². The lowest BCUT2D eigenvalue weighted by molar-refractivity contribution is 0.0913. The van der Waals surface area contributed by atoms with Gasteiger partial charge in [0.2, 0.25) is 0 Å². The molecule has 2 N–H and O–H groups in total. The monoisotopic (exact) mass is 292 g/mol. The van der Waals surface area contributed by atoms with E-state index in [1.807, 2.05) is 0 Å². The molecule has 1 aliphatic carbocycles. The van der Waals surface area contributed by atoms with Gasteiger partial charge in [-0.05, 0) is 62.4 Å². The van der Waals surface area contributed by atoms with E-state index in [0.29, 0.717) is 11.5 Å². The fourth-order valence-electron chi connectivity index (χ4n) is 3.50. The number of methoxy groups -OCH3 is 1. The van der Waals surface area contributed by atoms with Crippen LogP contribution in [0.2, 0.25) is 0 Å². The number of hydrogen-bond donors (Lipinski definition) is 2. The van der Waals surface area contributed by atoms with Crippen LogP contribution in [-0.4, -0.2) is 32.1 Å². The van der Waals surface area contributed by atoms with Crippen molar-refractivity contribution in [1.82, 2.24) is 10.6 Å². The van der Waals surface area contributed by atoms with Crippen LogP contribution in [-0.2, 0) is 0 Å². The van der Waals surface area contributed by atoms with Crippen molar-refractivity contribution in [3.63, 3.8) is 0 Å². The molecule has 114 valence electrons. The molecule has 3 atom stereocenters. The van der Waals surface area contributed by atoms with Crippen molar-refractivity contribution in [3.8, 4) is 5.75 Å². The Kier molecular flexibility index (Phi) is 4.10. The van der Waals surface area contributed by atoms with Crippen molar-refractivity contribution in [2.75, 3.05) is 20.2 Å². The molecule has 4 nitrogen and oxygen atoms in total. The van der Waals surface area contributed by atoms with E-state index in [9.17, 15) is 9.18 Å². The highest BCUT2D eigenvalue weighted by Gasteiger charge is 2.34. The summed E-state index contributed by atoms with van der Waals surface area (Å²) in [5.41, 5.74) is 0.444. The molecule has 5 heteroatoms. The fraction of sp³-hybridized carbons (Fsp3) is 0.562. The molecule has 1 saturated heterocycles. The molecule has 0 aromatic heterocycles. The lowest BCUT2D eigenvalue weighted by Gasteiger charge is -2.31. The summed E-state index contributed by atoms with van der Waals surface area (Å²) in [5, 5.41) is 6.49. The Balaban J connectivity index is 1.63. The maximum Gasteiger partial charge on any atom is 0.251 e. The molecule has 2 aliphatic rings. The van der Waals surface area contributed by atoms with Crippen molar-refractivity contribution in [2.24, 2.45) is 11.8 Å². The highest BCUT2D eigenvalue weighted by atomic mass is 19.1. The summed E-state index contributed by atoms with van der Waals surface area (Å²) in [6, 6.07) is 4.43. The van der Waals surface area contributed by atoms with Crippen LogP contribution in [0.3, 0.4) is 0 Å². The quantitative estimate of drug-likeness (QED) is 0.895. The zero-order valence-electron chi connectivity index (χ0n) is 12.2. The predicted molar refractivity (Wildman–Crippen MR) is 77.9 cm³/mol. The second-order valence-electron chi connectivity index (χ2n) is 6.01. The normalized spacial score (nSPS) is 28.0. The first-order valence-electron chi connectivity index (χ1n) is 7.52. The highest BCUT2D eigenvalue weighted by Crippen LogP contribution is 2.32. The van der Waals surface area contributed by atoms with Gasteiger partial charge >= 0.3 is 0 Å². The first-order valence-corrected chi connectivity index (χ1v) is 7.52. The van der Waals surface area contributed by atoms with E-state index >= 15 is 0 Å². The molecule has 1 aromatic rings. The van der Waals surface area contributed by atoms with E-state index in [1.165, 1.54) is 25.3 Å². The minimum absolute atomic E-state index is 0.103. The van der Waals surface area contributed by atoms with Gasteiger partial charge in [0, 0.05) is 11.6 Å². The summed E-state index contributed by atoms with van der Waals surface area (Å²) < 4.78 is 18.3. The Morgan fingerprint density at radius 2 is 2.14 bits per heavy atom. The van der Waals surface area contributed by atoms with Gasteiger partial charge < -0.3 is 15.4 Å². The minimum atomic E-state index is -0.452. The van der Waals surface area contributed by atoms with Crippen molar-refractivity contribution >= 4 is 5.91 Å². The SMILES string of the molecule is COc1cc(C(=O)NC2CC[C@H]3CNC[C@H]3C2)ccc1F. The van der Waals surface area contributed by atoms with Crippen LogP contribution >= 0.6 is 0 Å². The van der Waals surface area contributed by atoms with Gasteiger partial charge in [-0.3, -0.25) is 4.79 Å². The van der Waals surface area contributed by atoms with Gasteiger partial charge in [0.1, 0.15) is 0 Å². The molecule has 0 bridgehead atoms. The number of rotatable bonds is 3. The molecule has 1 amide bonds. The van der Waals surface area contributed by atoms with Crippen molar-refractivity contribution in [2.45, 2.75) is 25.3 Å². The fourth-order valence-corrected chi connectivity index (χ4v) is 3.50. The van der Waals surface area contributed by atoms with Crippen LogP contribution in [0.4, 0.5) is 4.39 Å². The average molecular weight is 292 g/mol. The van der Waals surface area contributed by atoms with Gasteiger partial charge in [0.25, 0.3) is 5.91 Å². The second kappa shape index (κ2) is 6.02. The molecule has 1 aliphatic heterocycles. The summed E-state index contributed by atoms with van der Waals surface area (Å²) >= 11 is 0. The number of amides is 1. The largest absolute Gasteiger partial charge is 0.494 e. The van der Waals surface area contributed by atoms with E-state index in [4.69, 9.17) is 4.74 Å². The Labute approximate surface area is 124 Å². The minimum Gasteiger partial charge on any atom is -0.494 e. The van der Waals surface area contributed by atoms with Gasteiger partial charge in [0.15, 0.2) is 11.6 Å². The molecule has 0 spiro atoms. The van der Waals surface area contributed by atoms with E-state index in [0.717, 1.165) is 38.3 Å². The number of benzene rings is 1. The van der Waals surface area contributed by atoms with Gasteiger partial charge in [0.05, 0.1) is 7.11 Å². The summed E-state index contributed by atoms with van der Waals surface area (Å²) in [5.74, 6) is 0.941. The van der Waals surface area contributed by atoms with E-state index in [-0.39, 0.29) is 17.7 Å². The predicted octanol–water partition coefficient (Wildman–Crippen LogP) is 1.95. The third kappa shape index (κ3) is 3.02. The van der Waals surface area contributed by atoms with Crippen molar-refractivity contribution < 1.29 is 13.9 Å². The van der Waals surface area contributed by atoms with Gasteiger partial charge in [-0.1, -0.05) is 0 Å². The van der Waals surface area contributed by atoms with Crippen LogP contribution in [0, 0.1) is 17.7 Å². The first kappa shape index (κ1) is 14.3. The molecular formula is C16H21FN2O2. The number of carbonyl (C=O) groups excluding carboxylic acids is 1. The van der Waals surface area contributed by atoms with E-state index in [1.54, 1.807) is 0 Å². The number of carbonyl (C=O) groups is 1. The molecule has 1 unspecified atom stereocenters. The van der Waals surface area contributed by atoms with E-state index < -0.39 is 5.82 Å². The summed E-state index contributed by atoms with van der Waals surface area (Å²) in [6.45, 7) is 2.17. The second-order valence-corrected chi connectivity index (χ2v) is 6.01. The number of fused-ring (bicyclic) bond motifs is 1. The standard InChI is InChI=1S/C16H21FN2O2/c1-21-15-7-10(3-5-14(15)17)16(20)19-13-4-2-11-8-18-9-12(11)6-13/h3,5,7,11-13,18H,2,4,6,8-9H2,1H3,(H,19,20)/t11-,12+,13?/m0/s1.